The summed E-state index contributed by atoms with van der Waals surface area (Å²) in [6.07, 6.45) is 6.19. The van der Waals surface area contributed by atoms with Crippen molar-refractivity contribution in [1.82, 2.24) is 24.7 Å². The van der Waals surface area contributed by atoms with E-state index in [1.165, 1.54) is 10.9 Å². The Balaban J connectivity index is 1.32. The van der Waals surface area contributed by atoms with Gasteiger partial charge in [-0.25, -0.2) is 0 Å². The average molecular weight is 448 g/mol. The lowest BCUT2D eigenvalue weighted by atomic mass is 10.1. The lowest BCUT2D eigenvalue weighted by Gasteiger charge is -2.43. The molecule has 3 aromatic rings. The summed E-state index contributed by atoms with van der Waals surface area (Å²) < 4.78 is 5.42. The number of benzene rings is 1. The number of H-pyrrole nitrogens is 1. The summed E-state index contributed by atoms with van der Waals surface area (Å²) in [6.45, 7) is 4.87. The number of ether oxygens (including phenoxy) is 1. The Bertz CT molecular complexity index is 1110. The van der Waals surface area contributed by atoms with Crippen molar-refractivity contribution in [2.75, 3.05) is 52.5 Å². The van der Waals surface area contributed by atoms with Crippen LogP contribution in [0.15, 0.2) is 55.0 Å². The Labute approximate surface area is 193 Å². The fourth-order valence-corrected chi connectivity index (χ4v) is 4.77. The van der Waals surface area contributed by atoms with Gasteiger partial charge in [-0.3, -0.25) is 19.5 Å². The van der Waals surface area contributed by atoms with Gasteiger partial charge < -0.3 is 19.5 Å². The monoisotopic (exact) mass is 447 g/mol. The van der Waals surface area contributed by atoms with Gasteiger partial charge in [0.2, 0.25) is 5.91 Å². The number of hydrogen-bond donors (Lipinski definition) is 1. The predicted octanol–water partition coefficient (Wildman–Crippen LogP) is 1.79. The summed E-state index contributed by atoms with van der Waals surface area (Å²) >= 11 is 0. The molecular formula is C25H29N5O3. The molecule has 8 nitrogen and oxygen atoms in total. The Hall–Kier alpha value is -3.23. The summed E-state index contributed by atoms with van der Waals surface area (Å²) in [7, 11) is 0. The maximum atomic E-state index is 13.5. The first kappa shape index (κ1) is 21.6. The molecule has 0 bridgehead atoms. The number of fused-ring (bicyclic) bond motifs is 1. The van der Waals surface area contributed by atoms with E-state index in [0.717, 1.165) is 25.0 Å². The number of para-hydroxylation sites is 1. The molecule has 2 aromatic heterocycles. The molecule has 1 unspecified atom stereocenters. The number of carbonyl (C=O) groups is 2. The molecule has 0 aliphatic carbocycles. The van der Waals surface area contributed by atoms with Gasteiger partial charge >= 0.3 is 0 Å². The third-order valence-corrected chi connectivity index (χ3v) is 6.63. The van der Waals surface area contributed by atoms with Crippen molar-refractivity contribution in [2.45, 2.75) is 12.5 Å². The van der Waals surface area contributed by atoms with Crippen molar-refractivity contribution in [3.63, 3.8) is 0 Å². The van der Waals surface area contributed by atoms with Gasteiger partial charge in [0.1, 0.15) is 6.04 Å². The van der Waals surface area contributed by atoms with Gasteiger partial charge in [-0.15, -0.1) is 0 Å². The van der Waals surface area contributed by atoms with Crippen molar-refractivity contribution < 1.29 is 14.3 Å². The second-order valence-corrected chi connectivity index (χ2v) is 8.60. The lowest BCUT2D eigenvalue weighted by molar-refractivity contribution is -0.142. The van der Waals surface area contributed by atoms with Gasteiger partial charge in [-0.2, -0.15) is 0 Å². The fraction of sp³-hybridized carbons (Fsp3) is 0.400. The molecular weight excluding hydrogens is 418 g/mol. The summed E-state index contributed by atoms with van der Waals surface area (Å²) in [6, 6.07) is 11.2. The quantitative estimate of drug-likeness (QED) is 0.645. The Morgan fingerprint density at radius 1 is 1.03 bits per heavy atom. The number of hydrogen-bond acceptors (Lipinski definition) is 5. The molecule has 2 amide bonds. The molecule has 2 aliphatic rings. The average Bonchev–Trinajstić information content (AvgIpc) is 3.30. The van der Waals surface area contributed by atoms with Crippen LogP contribution in [0.25, 0.3) is 10.9 Å². The molecule has 172 valence electrons. The van der Waals surface area contributed by atoms with Gasteiger partial charge in [0, 0.05) is 74.3 Å². The second-order valence-electron chi connectivity index (χ2n) is 8.60. The van der Waals surface area contributed by atoms with Crippen molar-refractivity contribution in [3.8, 4) is 0 Å². The molecule has 33 heavy (non-hydrogen) atoms. The van der Waals surface area contributed by atoms with Crippen molar-refractivity contribution >= 4 is 22.7 Å². The van der Waals surface area contributed by atoms with Crippen molar-refractivity contribution in [3.05, 3.63) is 66.1 Å². The van der Waals surface area contributed by atoms with Gasteiger partial charge in [0.05, 0.1) is 13.2 Å². The minimum Gasteiger partial charge on any atom is -0.378 e. The maximum Gasteiger partial charge on any atom is 0.254 e. The first-order chi connectivity index (χ1) is 16.2. The number of aromatic nitrogens is 2. The van der Waals surface area contributed by atoms with Crippen LogP contribution in [0.4, 0.5) is 0 Å². The maximum absolute atomic E-state index is 13.5. The number of carbonyl (C=O) groups excluding carboxylic acids is 2. The third-order valence-electron chi connectivity index (χ3n) is 6.63. The van der Waals surface area contributed by atoms with Crippen molar-refractivity contribution in [1.29, 1.82) is 0 Å². The molecule has 0 saturated carbocycles. The van der Waals surface area contributed by atoms with Crippen LogP contribution >= 0.6 is 0 Å². The molecule has 1 aromatic carbocycles. The predicted molar refractivity (Wildman–Crippen MR) is 125 cm³/mol. The summed E-state index contributed by atoms with van der Waals surface area (Å²) in [5, 5.41) is 1.24. The van der Waals surface area contributed by atoms with E-state index in [2.05, 4.69) is 39.3 Å². The number of pyridine rings is 1. The summed E-state index contributed by atoms with van der Waals surface area (Å²) in [5.41, 5.74) is 2.98. The first-order valence-corrected chi connectivity index (χ1v) is 11.6. The number of aromatic amines is 1. The van der Waals surface area contributed by atoms with Crippen LogP contribution in [0, 0.1) is 0 Å². The van der Waals surface area contributed by atoms with Crippen LogP contribution in [0.5, 0.6) is 0 Å². The summed E-state index contributed by atoms with van der Waals surface area (Å²) in [4.78, 5) is 40.0. The van der Waals surface area contributed by atoms with Crippen LogP contribution < -0.4 is 0 Å². The van der Waals surface area contributed by atoms with Crippen LogP contribution in [0.3, 0.4) is 0 Å². The number of nitrogens with zero attached hydrogens (tertiary/aromatic N) is 4. The highest BCUT2D eigenvalue weighted by Crippen LogP contribution is 2.21. The molecule has 1 atom stereocenters. The molecule has 1 N–H and O–H groups in total. The van der Waals surface area contributed by atoms with Crippen LogP contribution in [0.2, 0.25) is 0 Å². The van der Waals surface area contributed by atoms with E-state index in [-0.39, 0.29) is 11.8 Å². The van der Waals surface area contributed by atoms with Gasteiger partial charge in [0.25, 0.3) is 5.91 Å². The highest BCUT2D eigenvalue weighted by atomic mass is 16.5. The zero-order valence-corrected chi connectivity index (χ0v) is 18.7. The zero-order valence-electron chi connectivity index (χ0n) is 18.7. The normalized spacial score (nSPS) is 19.7. The SMILES string of the molecule is O=C(C1CN(CCc2c[nH]c3ccccc23)CCN1C(=O)c1ccncc1)N1CCOCC1. The van der Waals surface area contributed by atoms with E-state index >= 15 is 0 Å². The minimum absolute atomic E-state index is 0.0116. The largest absolute Gasteiger partial charge is 0.378 e. The van der Waals surface area contributed by atoms with Gasteiger partial charge in [-0.05, 0) is 30.2 Å². The topological polar surface area (TPSA) is 81.8 Å². The number of amides is 2. The molecule has 0 spiro atoms. The van der Waals surface area contributed by atoms with Crippen LogP contribution in [-0.2, 0) is 16.0 Å². The zero-order chi connectivity index (χ0) is 22.6. The smallest absolute Gasteiger partial charge is 0.254 e. The standard InChI is InChI=1S/C25H29N5O3/c31-24(19-5-8-26-9-6-19)30-12-11-28(18-23(30)25(32)29-13-15-33-16-14-29)10-7-20-17-27-22-4-2-1-3-21(20)22/h1-6,8-9,17,23,27H,7,10-16,18H2. The fourth-order valence-electron chi connectivity index (χ4n) is 4.77. The molecule has 8 heteroatoms. The van der Waals surface area contributed by atoms with E-state index in [1.54, 1.807) is 29.4 Å². The molecule has 4 heterocycles. The molecule has 2 fully saturated rings. The number of rotatable bonds is 5. The second kappa shape index (κ2) is 9.72. The molecule has 0 radical (unpaired) electrons. The highest BCUT2D eigenvalue weighted by molar-refractivity contribution is 5.97. The van der Waals surface area contributed by atoms with E-state index in [9.17, 15) is 9.59 Å². The number of morpholine rings is 1. The van der Waals surface area contributed by atoms with Crippen molar-refractivity contribution in [2.24, 2.45) is 0 Å². The molecule has 2 aliphatic heterocycles. The van der Waals surface area contributed by atoms with E-state index in [1.807, 2.05) is 11.0 Å². The Morgan fingerprint density at radius 2 is 1.82 bits per heavy atom. The van der Waals surface area contributed by atoms with Gasteiger partial charge in [0.15, 0.2) is 0 Å². The molecule has 5 rings (SSSR count). The Kier molecular flexibility index (Phi) is 6.37. The number of nitrogens with one attached hydrogen (secondary N) is 1. The van der Waals surface area contributed by atoms with E-state index in [4.69, 9.17) is 4.74 Å². The first-order valence-electron chi connectivity index (χ1n) is 11.6. The Morgan fingerprint density at radius 3 is 2.64 bits per heavy atom. The molecule has 2 saturated heterocycles. The van der Waals surface area contributed by atoms with Crippen LogP contribution in [0.1, 0.15) is 15.9 Å². The van der Waals surface area contributed by atoms with E-state index in [0.29, 0.717) is 45.0 Å². The lowest BCUT2D eigenvalue weighted by Crippen LogP contribution is -2.62. The third kappa shape index (κ3) is 4.62. The highest BCUT2D eigenvalue weighted by Gasteiger charge is 2.38. The number of piperazine rings is 1. The minimum atomic E-state index is -0.500. The summed E-state index contributed by atoms with van der Waals surface area (Å²) in [5.74, 6) is -0.0993. The van der Waals surface area contributed by atoms with Crippen LogP contribution in [-0.4, -0.2) is 95.0 Å². The van der Waals surface area contributed by atoms with Gasteiger partial charge in [-0.1, -0.05) is 18.2 Å². The van der Waals surface area contributed by atoms with E-state index < -0.39 is 6.04 Å².